The summed E-state index contributed by atoms with van der Waals surface area (Å²) in [5.74, 6) is 0.745. The molecule has 0 saturated carbocycles. The predicted molar refractivity (Wildman–Crippen MR) is 98.0 cm³/mol. The van der Waals surface area contributed by atoms with Crippen molar-refractivity contribution in [2.75, 3.05) is 0 Å². The molecule has 0 unspecified atom stereocenters. The van der Waals surface area contributed by atoms with Crippen LogP contribution in [0.15, 0.2) is 33.5 Å². The van der Waals surface area contributed by atoms with Gasteiger partial charge in [-0.1, -0.05) is 6.92 Å². The minimum atomic E-state index is -0.388. The van der Waals surface area contributed by atoms with Gasteiger partial charge in [-0.15, -0.1) is 0 Å². The molecular formula is C19H24BNO4. The molecule has 4 rings (SSSR count). The number of rotatable bonds is 4. The fourth-order valence-corrected chi connectivity index (χ4v) is 4.52. The first-order valence-corrected chi connectivity index (χ1v) is 9.24. The molecule has 3 atom stereocenters. The van der Waals surface area contributed by atoms with Gasteiger partial charge in [0.25, 0.3) is 0 Å². The first-order valence-electron chi connectivity index (χ1n) is 9.24. The maximum Gasteiger partial charge on any atom is 0.376 e. The standard InChI is InChI=1S/C19H24BNO4/c1-3-12-8-13-4-7-16(11-18(13)25-19(12)22)24-17-9-14-5-6-15(10-17)21(14)20(2)23/h4,7-8,11,14-15,17,23H,3,5-6,9-10H2,1-2H3/t14-,15+,17-. The van der Waals surface area contributed by atoms with Gasteiger partial charge in [0.2, 0.25) is 0 Å². The second-order valence-electron chi connectivity index (χ2n) is 7.29. The van der Waals surface area contributed by atoms with Gasteiger partial charge >= 0.3 is 12.7 Å². The van der Waals surface area contributed by atoms with E-state index in [0.717, 1.165) is 36.8 Å². The third kappa shape index (κ3) is 3.09. The Kier molecular flexibility index (Phi) is 4.34. The Morgan fingerprint density at radius 2 is 2.00 bits per heavy atom. The molecule has 25 heavy (non-hydrogen) atoms. The summed E-state index contributed by atoms with van der Waals surface area (Å²) in [5.41, 5.74) is 1.00. The van der Waals surface area contributed by atoms with Crippen LogP contribution in [0.3, 0.4) is 0 Å². The van der Waals surface area contributed by atoms with E-state index in [-0.39, 0.29) is 18.8 Å². The Hall–Kier alpha value is -1.79. The predicted octanol–water partition coefficient (Wildman–Crippen LogP) is 2.84. The quantitative estimate of drug-likeness (QED) is 0.684. The highest BCUT2D eigenvalue weighted by Gasteiger charge is 2.44. The van der Waals surface area contributed by atoms with Crippen LogP contribution in [0.5, 0.6) is 5.75 Å². The first-order chi connectivity index (χ1) is 12.0. The highest BCUT2D eigenvalue weighted by atomic mass is 16.5. The Morgan fingerprint density at radius 3 is 2.64 bits per heavy atom. The van der Waals surface area contributed by atoms with Crippen molar-refractivity contribution in [1.29, 1.82) is 0 Å². The number of fused-ring (bicyclic) bond motifs is 3. The Balaban J connectivity index is 1.53. The van der Waals surface area contributed by atoms with E-state index < -0.39 is 0 Å². The van der Waals surface area contributed by atoms with Crippen molar-refractivity contribution in [3.05, 3.63) is 40.2 Å². The van der Waals surface area contributed by atoms with E-state index in [2.05, 4.69) is 4.81 Å². The van der Waals surface area contributed by atoms with Crippen molar-refractivity contribution in [3.8, 4) is 5.75 Å². The Bertz CT molecular complexity index is 820. The minimum absolute atomic E-state index is 0.145. The molecule has 3 heterocycles. The summed E-state index contributed by atoms with van der Waals surface area (Å²) in [7, 11) is -0.388. The zero-order chi connectivity index (χ0) is 17.6. The SMILES string of the molecule is CCc1cc2ccc(O[C@@H]3C[C@H]4CC[C@@H](C3)N4B(C)O)cc2oc1=O. The molecule has 2 saturated heterocycles. The number of nitrogens with zero attached hydrogens (tertiary/aromatic N) is 1. The molecule has 2 aliphatic rings. The molecule has 2 aliphatic heterocycles. The topological polar surface area (TPSA) is 62.9 Å². The molecule has 132 valence electrons. The largest absolute Gasteiger partial charge is 0.490 e. The summed E-state index contributed by atoms with van der Waals surface area (Å²) in [5, 5.41) is 10.9. The molecule has 2 fully saturated rings. The van der Waals surface area contributed by atoms with Crippen molar-refractivity contribution >= 4 is 18.0 Å². The van der Waals surface area contributed by atoms with E-state index in [9.17, 15) is 9.82 Å². The molecule has 2 aromatic rings. The summed E-state index contributed by atoms with van der Waals surface area (Å²) >= 11 is 0. The van der Waals surface area contributed by atoms with Crippen LogP contribution in [0.2, 0.25) is 6.82 Å². The van der Waals surface area contributed by atoms with Crippen molar-refractivity contribution in [1.82, 2.24) is 4.81 Å². The fraction of sp³-hybridized carbons (Fsp3) is 0.526. The number of ether oxygens (including phenoxy) is 1. The zero-order valence-electron chi connectivity index (χ0n) is 14.8. The average Bonchev–Trinajstić information content (AvgIpc) is 2.86. The molecule has 1 N–H and O–H groups in total. The maximum absolute atomic E-state index is 11.9. The lowest BCUT2D eigenvalue weighted by atomic mass is 9.79. The van der Waals surface area contributed by atoms with Crippen LogP contribution in [-0.4, -0.2) is 35.1 Å². The van der Waals surface area contributed by atoms with Gasteiger partial charge in [-0.05, 0) is 57.1 Å². The van der Waals surface area contributed by atoms with Crippen LogP contribution >= 0.6 is 0 Å². The second-order valence-corrected chi connectivity index (χ2v) is 7.29. The third-order valence-electron chi connectivity index (χ3n) is 5.64. The van der Waals surface area contributed by atoms with E-state index in [1.165, 1.54) is 0 Å². The van der Waals surface area contributed by atoms with Crippen LogP contribution in [0.4, 0.5) is 0 Å². The lowest BCUT2D eigenvalue weighted by Crippen LogP contribution is -2.52. The van der Waals surface area contributed by atoms with E-state index in [1.54, 1.807) is 0 Å². The van der Waals surface area contributed by atoms with Gasteiger partial charge in [-0.3, -0.25) is 0 Å². The summed E-state index contributed by atoms with van der Waals surface area (Å²) in [6.45, 7) is 3.80. The monoisotopic (exact) mass is 341 g/mol. The molecule has 0 radical (unpaired) electrons. The van der Waals surface area contributed by atoms with E-state index in [1.807, 2.05) is 38.0 Å². The van der Waals surface area contributed by atoms with Crippen molar-refractivity contribution in [2.45, 2.75) is 64.0 Å². The fourth-order valence-electron chi connectivity index (χ4n) is 4.52. The molecule has 1 aromatic heterocycles. The normalized spacial score (nSPS) is 26.1. The van der Waals surface area contributed by atoms with E-state index in [0.29, 0.717) is 29.7 Å². The van der Waals surface area contributed by atoms with Crippen molar-refractivity contribution < 1.29 is 14.2 Å². The molecule has 0 amide bonds. The lowest BCUT2D eigenvalue weighted by molar-refractivity contribution is 0.0864. The number of hydrogen-bond donors (Lipinski definition) is 1. The van der Waals surface area contributed by atoms with E-state index >= 15 is 0 Å². The highest BCUT2D eigenvalue weighted by molar-refractivity contribution is 6.45. The minimum Gasteiger partial charge on any atom is -0.490 e. The second kappa shape index (κ2) is 6.50. The number of piperidine rings is 1. The Labute approximate surface area is 147 Å². The van der Waals surface area contributed by atoms with Crippen LogP contribution in [0.25, 0.3) is 11.0 Å². The van der Waals surface area contributed by atoms with Gasteiger partial charge in [0.15, 0.2) is 0 Å². The number of benzene rings is 1. The van der Waals surface area contributed by atoms with Crippen molar-refractivity contribution in [2.24, 2.45) is 0 Å². The van der Waals surface area contributed by atoms with Gasteiger partial charge in [0.1, 0.15) is 17.4 Å². The first kappa shape index (κ1) is 16.7. The van der Waals surface area contributed by atoms with Gasteiger partial charge in [-0.25, -0.2) is 4.79 Å². The maximum atomic E-state index is 11.9. The number of hydrogen-bond acceptors (Lipinski definition) is 5. The summed E-state index contributed by atoms with van der Waals surface area (Å²) in [6, 6.07) is 8.41. The molecular weight excluding hydrogens is 317 g/mol. The third-order valence-corrected chi connectivity index (χ3v) is 5.64. The highest BCUT2D eigenvalue weighted by Crippen LogP contribution is 2.37. The number of aryl methyl sites for hydroxylation is 1. The molecule has 1 aromatic carbocycles. The van der Waals surface area contributed by atoms with Gasteiger partial charge in [-0.2, -0.15) is 0 Å². The Morgan fingerprint density at radius 1 is 1.28 bits per heavy atom. The molecule has 0 spiro atoms. The molecule has 2 bridgehead atoms. The summed E-state index contributed by atoms with van der Waals surface area (Å²) in [6.07, 6.45) is 4.92. The van der Waals surface area contributed by atoms with Crippen LogP contribution in [0, 0.1) is 0 Å². The van der Waals surface area contributed by atoms with Gasteiger partial charge in [0, 0.05) is 29.1 Å². The molecule has 0 aliphatic carbocycles. The molecule has 5 nitrogen and oxygen atoms in total. The van der Waals surface area contributed by atoms with Crippen molar-refractivity contribution in [3.63, 3.8) is 0 Å². The van der Waals surface area contributed by atoms with Gasteiger partial charge < -0.3 is 19.0 Å². The smallest absolute Gasteiger partial charge is 0.376 e. The van der Waals surface area contributed by atoms with E-state index in [4.69, 9.17) is 9.15 Å². The van der Waals surface area contributed by atoms with Crippen LogP contribution in [0.1, 0.15) is 38.2 Å². The van der Waals surface area contributed by atoms with Crippen LogP contribution < -0.4 is 10.4 Å². The average molecular weight is 341 g/mol. The summed E-state index contributed by atoms with van der Waals surface area (Å²) < 4.78 is 11.6. The molecule has 6 heteroatoms. The zero-order valence-corrected chi connectivity index (χ0v) is 14.8. The summed E-state index contributed by atoms with van der Waals surface area (Å²) in [4.78, 5) is 14.2. The van der Waals surface area contributed by atoms with Gasteiger partial charge in [0.05, 0.1) is 0 Å². The lowest BCUT2D eigenvalue weighted by Gasteiger charge is -2.39. The van der Waals surface area contributed by atoms with Crippen LogP contribution in [-0.2, 0) is 6.42 Å².